The molecule has 2 saturated heterocycles. The van der Waals surface area contributed by atoms with E-state index in [2.05, 4.69) is 0 Å². The topological polar surface area (TPSA) is 196 Å². The van der Waals surface area contributed by atoms with Gasteiger partial charge in [0, 0.05) is 0 Å². The Morgan fingerprint density at radius 1 is 0.815 bits per heavy atom. The van der Waals surface area contributed by atoms with Gasteiger partial charge in [-0.05, 0) is 6.92 Å². The summed E-state index contributed by atoms with van der Waals surface area (Å²) in [7, 11) is 0. The zero-order chi connectivity index (χ0) is 20.3. The molecule has 2 fully saturated rings. The zero-order valence-electron chi connectivity index (χ0n) is 14.6. The molecule has 0 aromatic carbocycles. The molecule has 0 radical (unpaired) electrons. The SMILES string of the molecule is CC(=O)CO[C@H]1O[C@H](CO)[C@@H](O[C@@H]2O[C@H](CO)[C@@H](O)[C@H](O)[C@H]2O)[C@H](O)[C@H]1O. The maximum Gasteiger partial charge on any atom is 0.187 e. The van der Waals surface area contributed by atoms with Crippen molar-refractivity contribution in [2.45, 2.75) is 68.3 Å². The third-order valence-electron chi connectivity index (χ3n) is 4.41. The van der Waals surface area contributed by atoms with Gasteiger partial charge in [-0.2, -0.15) is 0 Å². The van der Waals surface area contributed by atoms with Crippen LogP contribution in [0.3, 0.4) is 0 Å². The van der Waals surface area contributed by atoms with Crippen molar-refractivity contribution < 1.29 is 59.5 Å². The number of carbonyl (C=O) groups excluding carboxylic acids is 1. The van der Waals surface area contributed by atoms with Crippen molar-refractivity contribution in [3.63, 3.8) is 0 Å². The smallest absolute Gasteiger partial charge is 0.187 e. The summed E-state index contributed by atoms with van der Waals surface area (Å²) in [5.41, 5.74) is 0. The third-order valence-corrected chi connectivity index (χ3v) is 4.41. The van der Waals surface area contributed by atoms with Crippen molar-refractivity contribution in [3.8, 4) is 0 Å². The molecule has 158 valence electrons. The first-order valence-electron chi connectivity index (χ1n) is 8.40. The number of Topliss-reactive ketones (excluding diaryl/α,β-unsaturated/α-hetero) is 1. The first kappa shape index (κ1) is 22.5. The van der Waals surface area contributed by atoms with Gasteiger partial charge >= 0.3 is 0 Å². The molecular formula is C15H26O12. The van der Waals surface area contributed by atoms with Gasteiger partial charge in [-0.25, -0.2) is 0 Å². The number of aliphatic hydroxyl groups is 7. The van der Waals surface area contributed by atoms with E-state index >= 15 is 0 Å². The number of aliphatic hydroxyl groups excluding tert-OH is 7. The summed E-state index contributed by atoms with van der Waals surface area (Å²) in [6, 6.07) is 0. The van der Waals surface area contributed by atoms with E-state index in [1.807, 2.05) is 0 Å². The summed E-state index contributed by atoms with van der Waals surface area (Å²) in [4.78, 5) is 11.0. The fraction of sp³-hybridized carbons (Fsp3) is 0.933. The summed E-state index contributed by atoms with van der Waals surface area (Å²) in [5, 5.41) is 68.7. The second kappa shape index (κ2) is 9.62. The van der Waals surface area contributed by atoms with Crippen LogP contribution in [0.5, 0.6) is 0 Å². The van der Waals surface area contributed by atoms with Crippen LogP contribution in [0.15, 0.2) is 0 Å². The molecule has 0 aliphatic carbocycles. The average molecular weight is 398 g/mol. The van der Waals surface area contributed by atoms with E-state index in [0.29, 0.717) is 0 Å². The predicted molar refractivity (Wildman–Crippen MR) is 83.0 cm³/mol. The molecule has 2 heterocycles. The van der Waals surface area contributed by atoms with E-state index in [4.69, 9.17) is 18.9 Å². The maximum absolute atomic E-state index is 11.0. The fourth-order valence-corrected chi connectivity index (χ4v) is 2.89. The highest BCUT2D eigenvalue weighted by atomic mass is 16.7. The molecule has 0 spiro atoms. The van der Waals surface area contributed by atoms with Crippen LogP contribution in [0.25, 0.3) is 0 Å². The summed E-state index contributed by atoms with van der Waals surface area (Å²) >= 11 is 0. The Bertz CT molecular complexity index is 485. The molecule has 0 saturated carbocycles. The highest BCUT2D eigenvalue weighted by Gasteiger charge is 2.50. The second-order valence-corrected chi connectivity index (χ2v) is 6.52. The lowest BCUT2D eigenvalue weighted by atomic mass is 9.97. The van der Waals surface area contributed by atoms with Crippen molar-refractivity contribution in [1.82, 2.24) is 0 Å². The van der Waals surface area contributed by atoms with Crippen LogP contribution < -0.4 is 0 Å². The van der Waals surface area contributed by atoms with Crippen molar-refractivity contribution in [3.05, 3.63) is 0 Å². The lowest BCUT2D eigenvalue weighted by Crippen LogP contribution is -2.64. The lowest BCUT2D eigenvalue weighted by molar-refractivity contribution is -0.358. The van der Waals surface area contributed by atoms with Crippen molar-refractivity contribution in [1.29, 1.82) is 0 Å². The minimum absolute atomic E-state index is 0.347. The lowest BCUT2D eigenvalue weighted by Gasteiger charge is -2.45. The Morgan fingerprint density at radius 3 is 1.93 bits per heavy atom. The van der Waals surface area contributed by atoms with Crippen LogP contribution in [0.2, 0.25) is 0 Å². The molecule has 7 N–H and O–H groups in total. The molecule has 27 heavy (non-hydrogen) atoms. The van der Waals surface area contributed by atoms with E-state index in [1.54, 1.807) is 0 Å². The molecule has 12 nitrogen and oxygen atoms in total. The summed E-state index contributed by atoms with van der Waals surface area (Å²) in [5.74, 6) is -0.347. The van der Waals surface area contributed by atoms with Gasteiger partial charge in [0.2, 0.25) is 0 Å². The average Bonchev–Trinajstić information content (AvgIpc) is 2.64. The van der Waals surface area contributed by atoms with Crippen LogP contribution in [-0.4, -0.2) is 123 Å². The Hall–Kier alpha value is -0.770. The van der Waals surface area contributed by atoms with Crippen LogP contribution in [0.4, 0.5) is 0 Å². The number of rotatable bonds is 7. The molecule has 0 unspecified atom stereocenters. The predicted octanol–water partition coefficient (Wildman–Crippen LogP) is -4.78. The Morgan fingerprint density at radius 2 is 1.37 bits per heavy atom. The third kappa shape index (κ3) is 4.99. The van der Waals surface area contributed by atoms with Gasteiger partial charge in [0.05, 0.1) is 13.2 Å². The number of ketones is 1. The monoisotopic (exact) mass is 398 g/mol. The van der Waals surface area contributed by atoms with Crippen LogP contribution >= 0.6 is 0 Å². The molecule has 12 heteroatoms. The minimum atomic E-state index is -1.74. The molecule has 2 rings (SSSR count). The van der Waals surface area contributed by atoms with Crippen molar-refractivity contribution in [2.24, 2.45) is 0 Å². The maximum atomic E-state index is 11.0. The molecule has 2 aliphatic heterocycles. The number of hydrogen-bond acceptors (Lipinski definition) is 12. The molecule has 0 aromatic heterocycles. The van der Waals surface area contributed by atoms with Gasteiger partial charge in [0.25, 0.3) is 0 Å². The number of ether oxygens (including phenoxy) is 4. The first-order valence-corrected chi connectivity index (χ1v) is 8.40. The van der Waals surface area contributed by atoms with Crippen LogP contribution in [0.1, 0.15) is 6.92 Å². The summed E-state index contributed by atoms with van der Waals surface area (Å²) in [6.07, 6.45) is -15.2. The van der Waals surface area contributed by atoms with E-state index in [-0.39, 0.29) is 12.4 Å². The number of hydrogen-bond donors (Lipinski definition) is 7. The first-order chi connectivity index (χ1) is 12.7. The second-order valence-electron chi connectivity index (χ2n) is 6.52. The van der Waals surface area contributed by atoms with Crippen molar-refractivity contribution >= 4 is 5.78 Å². The molecule has 0 bridgehead atoms. The normalized spacial score (nSPS) is 45.6. The quantitative estimate of drug-likeness (QED) is 0.216. The Balaban J connectivity index is 2.09. The fourth-order valence-electron chi connectivity index (χ4n) is 2.89. The molecule has 0 amide bonds. The molecule has 2 aliphatic rings. The van der Waals surface area contributed by atoms with Gasteiger partial charge in [-0.1, -0.05) is 0 Å². The minimum Gasteiger partial charge on any atom is -0.394 e. The van der Waals surface area contributed by atoms with E-state index in [0.717, 1.165) is 0 Å². The van der Waals surface area contributed by atoms with Gasteiger partial charge in [0.15, 0.2) is 18.4 Å². The van der Waals surface area contributed by atoms with E-state index in [9.17, 15) is 40.5 Å². The largest absolute Gasteiger partial charge is 0.394 e. The summed E-state index contributed by atoms with van der Waals surface area (Å²) < 4.78 is 20.9. The van der Waals surface area contributed by atoms with Gasteiger partial charge in [0.1, 0.15) is 55.4 Å². The molecular weight excluding hydrogens is 372 g/mol. The number of carbonyl (C=O) groups is 1. The van der Waals surface area contributed by atoms with Crippen molar-refractivity contribution in [2.75, 3.05) is 19.8 Å². The van der Waals surface area contributed by atoms with Gasteiger partial charge in [-0.3, -0.25) is 4.79 Å². The zero-order valence-corrected chi connectivity index (χ0v) is 14.6. The van der Waals surface area contributed by atoms with Crippen LogP contribution in [-0.2, 0) is 23.7 Å². The Kier molecular flexibility index (Phi) is 8.03. The van der Waals surface area contributed by atoms with Gasteiger partial charge in [-0.15, -0.1) is 0 Å². The van der Waals surface area contributed by atoms with E-state index in [1.165, 1.54) is 6.92 Å². The highest BCUT2D eigenvalue weighted by molar-refractivity contribution is 5.76. The summed E-state index contributed by atoms with van der Waals surface area (Å²) in [6.45, 7) is -0.488. The van der Waals surface area contributed by atoms with E-state index < -0.39 is 74.6 Å². The van der Waals surface area contributed by atoms with Gasteiger partial charge < -0.3 is 54.7 Å². The Labute approximate surface area is 154 Å². The van der Waals surface area contributed by atoms with Crippen LogP contribution in [0, 0.1) is 0 Å². The standard InChI is InChI=1S/C15H26O12/c1-5(18)4-24-14-12(23)10(21)13(7(3-17)26-14)27-15-11(22)9(20)8(19)6(2-16)25-15/h6-17,19-23H,2-4H2,1H3/t6-,7-,8-,9+,10-,11-,12-,13-,14+,15+/m1/s1. The highest BCUT2D eigenvalue weighted by Crippen LogP contribution is 2.29. The molecule has 0 aromatic rings. The molecule has 10 atom stereocenters.